The summed E-state index contributed by atoms with van der Waals surface area (Å²) in [6, 6.07) is 11.9. The van der Waals surface area contributed by atoms with Gasteiger partial charge in [-0.25, -0.2) is 0 Å². The van der Waals surface area contributed by atoms with Crippen LogP contribution in [0.15, 0.2) is 41.3 Å². The molecule has 0 aliphatic heterocycles. The number of benzene rings is 2. The molecule has 4 heteroatoms. The normalized spacial score (nSPS) is 11.9. The number of amides is 1. The topological polar surface area (TPSA) is 38.3 Å². The predicted octanol–water partition coefficient (Wildman–Crippen LogP) is 5.13. The summed E-state index contributed by atoms with van der Waals surface area (Å²) < 4.78 is 5.92. The second-order valence-corrected chi connectivity index (χ2v) is 7.19. The molecular weight excluding hydrogens is 318 g/mol. The zero-order chi connectivity index (χ0) is 17.7. The van der Waals surface area contributed by atoms with E-state index >= 15 is 0 Å². The molecule has 1 N–H and O–H groups in total. The molecule has 24 heavy (non-hydrogen) atoms. The maximum atomic E-state index is 12.5. The van der Waals surface area contributed by atoms with E-state index in [1.807, 2.05) is 44.2 Å². The fourth-order valence-electron chi connectivity index (χ4n) is 2.45. The second-order valence-electron chi connectivity index (χ2n) is 5.88. The Morgan fingerprint density at radius 1 is 1.21 bits per heavy atom. The Morgan fingerprint density at radius 2 is 1.92 bits per heavy atom. The van der Waals surface area contributed by atoms with Gasteiger partial charge in [0, 0.05) is 4.90 Å². The van der Waals surface area contributed by atoms with Gasteiger partial charge in [-0.05, 0) is 68.3 Å². The third-order valence-electron chi connectivity index (χ3n) is 3.88. The van der Waals surface area contributed by atoms with Crippen molar-refractivity contribution in [2.45, 2.75) is 45.6 Å². The smallest absolute Gasteiger partial charge is 0.265 e. The van der Waals surface area contributed by atoms with Gasteiger partial charge in [0.1, 0.15) is 5.75 Å². The van der Waals surface area contributed by atoms with Gasteiger partial charge >= 0.3 is 0 Å². The summed E-state index contributed by atoms with van der Waals surface area (Å²) in [5, 5.41) is 2.98. The van der Waals surface area contributed by atoms with Gasteiger partial charge in [0.05, 0.1) is 5.69 Å². The van der Waals surface area contributed by atoms with E-state index in [0.717, 1.165) is 33.2 Å². The Morgan fingerprint density at radius 3 is 2.62 bits per heavy atom. The van der Waals surface area contributed by atoms with Crippen molar-refractivity contribution in [3.8, 4) is 5.75 Å². The summed E-state index contributed by atoms with van der Waals surface area (Å²) in [5.74, 6) is 1.59. The molecule has 0 radical (unpaired) electrons. The zero-order valence-electron chi connectivity index (χ0n) is 15.0. The summed E-state index contributed by atoms with van der Waals surface area (Å²) in [7, 11) is 0. The molecule has 3 nitrogen and oxygen atoms in total. The SMILES string of the molecule is CCSc1ccccc1NC(=O)[C@H](C)Oc1cc(C)cc(C)c1C. The van der Waals surface area contributed by atoms with E-state index < -0.39 is 6.10 Å². The van der Waals surface area contributed by atoms with Gasteiger partial charge in [-0.2, -0.15) is 0 Å². The summed E-state index contributed by atoms with van der Waals surface area (Å²) >= 11 is 1.71. The van der Waals surface area contributed by atoms with Crippen molar-refractivity contribution < 1.29 is 9.53 Å². The van der Waals surface area contributed by atoms with Gasteiger partial charge in [-0.3, -0.25) is 4.79 Å². The first-order chi connectivity index (χ1) is 11.4. The van der Waals surface area contributed by atoms with Gasteiger partial charge in [0.2, 0.25) is 0 Å². The average Bonchev–Trinajstić information content (AvgIpc) is 2.54. The van der Waals surface area contributed by atoms with Gasteiger partial charge in [-0.15, -0.1) is 11.8 Å². The van der Waals surface area contributed by atoms with E-state index in [9.17, 15) is 4.79 Å². The van der Waals surface area contributed by atoms with Crippen molar-refractivity contribution in [1.82, 2.24) is 0 Å². The number of carbonyl (C=O) groups is 1. The van der Waals surface area contributed by atoms with E-state index in [1.54, 1.807) is 18.7 Å². The standard InChI is InChI=1S/C20H25NO2S/c1-6-24-19-10-8-7-9-17(19)21-20(22)16(5)23-18-12-13(2)11-14(3)15(18)4/h7-12,16H,6H2,1-5H3,(H,21,22)/t16-/m0/s1. The fraction of sp³-hybridized carbons (Fsp3) is 0.350. The Balaban J connectivity index is 2.11. The number of ether oxygens (including phenoxy) is 1. The van der Waals surface area contributed by atoms with Crippen LogP contribution in [0.1, 0.15) is 30.5 Å². The van der Waals surface area contributed by atoms with Crippen LogP contribution in [0.2, 0.25) is 0 Å². The molecule has 2 aromatic rings. The first kappa shape index (κ1) is 18.4. The molecule has 0 fully saturated rings. The average molecular weight is 343 g/mol. The summed E-state index contributed by atoms with van der Waals surface area (Å²) in [6.07, 6.45) is -0.565. The number of anilines is 1. The Kier molecular flexibility index (Phi) is 6.32. The molecule has 0 unspecified atom stereocenters. The molecule has 0 spiro atoms. The van der Waals surface area contributed by atoms with Crippen molar-refractivity contribution in [3.63, 3.8) is 0 Å². The van der Waals surface area contributed by atoms with Crippen LogP contribution in [-0.2, 0) is 4.79 Å². The number of para-hydroxylation sites is 1. The number of carbonyl (C=O) groups excluding carboxylic acids is 1. The van der Waals surface area contributed by atoms with Gasteiger partial charge in [0.15, 0.2) is 6.10 Å². The van der Waals surface area contributed by atoms with Gasteiger partial charge in [-0.1, -0.05) is 25.1 Å². The first-order valence-electron chi connectivity index (χ1n) is 8.19. The van der Waals surface area contributed by atoms with Crippen molar-refractivity contribution in [1.29, 1.82) is 0 Å². The van der Waals surface area contributed by atoms with Crippen molar-refractivity contribution in [3.05, 3.63) is 53.1 Å². The summed E-state index contributed by atoms with van der Waals surface area (Å²) in [5.41, 5.74) is 4.21. The Hall–Kier alpha value is -1.94. The Labute approximate surface area is 148 Å². The van der Waals surface area contributed by atoms with E-state index in [1.165, 1.54) is 5.56 Å². The molecule has 1 atom stereocenters. The third-order valence-corrected chi connectivity index (χ3v) is 4.84. The number of nitrogens with one attached hydrogen (secondary N) is 1. The van der Waals surface area contributed by atoms with Crippen LogP contribution in [0, 0.1) is 20.8 Å². The molecule has 0 bridgehead atoms. The van der Waals surface area contributed by atoms with Crippen LogP contribution in [0.4, 0.5) is 5.69 Å². The van der Waals surface area contributed by atoms with Gasteiger partial charge < -0.3 is 10.1 Å². The molecule has 128 valence electrons. The number of hydrogen-bond acceptors (Lipinski definition) is 3. The molecule has 0 saturated heterocycles. The van der Waals surface area contributed by atoms with E-state index in [2.05, 4.69) is 25.2 Å². The van der Waals surface area contributed by atoms with Crippen LogP contribution in [0.25, 0.3) is 0 Å². The molecule has 0 aliphatic carbocycles. The highest BCUT2D eigenvalue weighted by Gasteiger charge is 2.17. The Bertz CT molecular complexity index is 728. The summed E-state index contributed by atoms with van der Waals surface area (Å²) in [4.78, 5) is 13.6. The van der Waals surface area contributed by atoms with Crippen LogP contribution >= 0.6 is 11.8 Å². The lowest BCUT2D eigenvalue weighted by Gasteiger charge is -2.18. The van der Waals surface area contributed by atoms with Crippen molar-refractivity contribution >= 4 is 23.4 Å². The number of aryl methyl sites for hydroxylation is 2. The van der Waals surface area contributed by atoms with Crippen molar-refractivity contribution in [2.75, 3.05) is 11.1 Å². The molecule has 0 heterocycles. The monoisotopic (exact) mass is 343 g/mol. The molecule has 0 aliphatic rings. The van der Waals surface area contributed by atoms with Crippen LogP contribution in [0.5, 0.6) is 5.75 Å². The highest BCUT2D eigenvalue weighted by atomic mass is 32.2. The largest absolute Gasteiger partial charge is 0.481 e. The maximum absolute atomic E-state index is 12.5. The number of thioether (sulfide) groups is 1. The van der Waals surface area contributed by atoms with E-state index in [0.29, 0.717) is 0 Å². The minimum atomic E-state index is -0.565. The molecule has 0 saturated carbocycles. The second kappa shape index (κ2) is 8.25. The minimum absolute atomic E-state index is 0.141. The lowest BCUT2D eigenvalue weighted by Crippen LogP contribution is -2.30. The lowest BCUT2D eigenvalue weighted by molar-refractivity contribution is -0.122. The molecular formula is C20H25NO2S. The maximum Gasteiger partial charge on any atom is 0.265 e. The highest BCUT2D eigenvalue weighted by molar-refractivity contribution is 7.99. The third kappa shape index (κ3) is 4.54. The van der Waals surface area contributed by atoms with Crippen molar-refractivity contribution in [2.24, 2.45) is 0 Å². The quantitative estimate of drug-likeness (QED) is 0.739. The molecule has 1 amide bonds. The van der Waals surface area contributed by atoms with E-state index in [-0.39, 0.29) is 5.91 Å². The van der Waals surface area contributed by atoms with Crippen LogP contribution < -0.4 is 10.1 Å². The minimum Gasteiger partial charge on any atom is -0.481 e. The number of rotatable bonds is 6. The van der Waals surface area contributed by atoms with E-state index in [4.69, 9.17) is 4.74 Å². The fourth-order valence-corrected chi connectivity index (χ4v) is 3.21. The predicted molar refractivity (Wildman–Crippen MR) is 102 cm³/mol. The molecule has 2 rings (SSSR count). The first-order valence-corrected chi connectivity index (χ1v) is 9.18. The highest BCUT2D eigenvalue weighted by Crippen LogP contribution is 2.28. The lowest BCUT2D eigenvalue weighted by atomic mass is 10.1. The molecule has 2 aromatic carbocycles. The number of hydrogen-bond donors (Lipinski definition) is 1. The molecule has 0 aromatic heterocycles. The van der Waals surface area contributed by atoms with Gasteiger partial charge in [0.25, 0.3) is 5.91 Å². The van der Waals surface area contributed by atoms with Crippen LogP contribution in [0.3, 0.4) is 0 Å². The summed E-state index contributed by atoms with van der Waals surface area (Å²) in [6.45, 7) is 9.97. The zero-order valence-corrected chi connectivity index (χ0v) is 15.8. The van der Waals surface area contributed by atoms with Crippen LogP contribution in [-0.4, -0.2) is 17.8 Å².